The van der Waals surface area contributed by atoms with Crippen LogP contribution in [-0.2, 0) is 11.3 Å². The van der Waals surface area contributed by atoms with E-state index in [-0.39, 0.29) is 18.1 Å². The molecule has 0 fully saturated rings. The zero-order chi connectivity index (χ0) is 21.1. The number of hydrogen-bond donors (Lipinski definition) is 3. The number of rotatable bonds is 6. The lowest BCUT2D eigenvalue weighted by atomic mass is 10.0. The van der Waals surface area contributed by atoms with Crippen molar-refractivity contribution in [2.24, 2.45) is 9.98 Å². The Hall–Kier alpha value is -1.87. The summed E-state index contributed by atoms with van der Waals surface area (Å²) < 4.78 is 31.9. The molecule has 0 atom stereocenters. The van der Waals surface area contributed by atoms with E-state index in [1.165, 1.54) is 6.07 Å². The Kier molecular flexibility index (Phi) is 10.2. The first-order chi connectivity index (χ1) is 14.1. The summed E-state index contributed by atoms with van der Waals surface area (Å²) >= 11 is 5.91. The average molecular weight is 428 g/mol. The van der Waals surface area contributed by atoms with E-state index in [0.29, 0.717) is 50.8 Å². The van der Waals surface area contributed by atoms with E-state index >= 15 is 0 Å². The molecule has 1 aromatic carbocycles. The van der Waals surface area contributed by atoms with E-state index in [0.717, 1.165) is 16.8 Å². The zero-order valence-corrected chi connectivity index (χ0v) is 17.4. The monoisotopic (exact) mass is 427 g/mol. The molecule has 1 aliphatic heterocycles. The molecule has 3 N–H and O–H groups in total. The highest BCUT2D eigenvalue weighted by molar-refractivity contribution is 6.17. The van der Waals surface area contributed by atoms with E-state index in [1.54, 1.807) is 19.1 Å². The Morgan fingerprint density at radius 1 is 1.28 bits per heavy atom. The lowest BCUT2D eigenvalue weighted by Crippen LogP contribution is -2.32. The quantitative estimate of drug-likeness (QED) is 0.282. The van der Waals surface area contributed by atoms with Gasteiger partial charge in [-0.3, -0.25) is 4.99 Å². The summed E-state index contributed by atoms with van der Waals surface area (Å²) in [5.74, 6) is 0.453. The van der Waals surface area contributed by atoms with Crippen LogP contribution in [0.25, 0.3) is 0 Å². The molecule has 0 bridgehead atoms. The summed E-state index contributed by atoms with van der Waals surface area (Å²) in [5.41, 5.74) is 2.99. The van der Waals surface area contributed by atoms with Crippen LogP contribution in [0.3, 0.4) is 0 Å². The van der Waals surface area contributed by atoms with Crippen molar-refractivity contribution in [2.45, 2.75) is 19.9 Å². The number of ether oxygens (including phenoxy) is 1. The molecular weight excluding hydrogens is 400 g/mol. The molecule has 0 amide bonds. The summed E-state index contributed by atoms with van der Waals surface area (Å²) in [6.07, 6.45) is -2.52. The van der Waals surface area contributed by atoms with Crippen molar-refractivity contribution in [3.63, 3.8) is 0 Å². The smallest absolute Gasteiger partial charge is 0.264 e. The minimum Gasteiger partial charge on any atom is -0.379 e. The van der Waals surface area contributed by atoms with E-state index in [2.05, 4.69) is 32.7 Å². The first-order valence-electron chi connectivity index (χ1n) is 9.47. The second-order valence-corrected chi connectivity index (χ2v) is 6.73. The van der Waals surface area contributed by atoms with Gasteiger partial charge in [-0.15, -0.1) is 11.6 Å². The van der Waals surface area contributed by atoms with Gasteiger partial charge in [0.05, 0.1) is 25.8 Å². The van der Waals surface area contributed by atoms with Gasteiger partial charge in [-0.2, -0.15) is 0 Å². The summed E-state index contributed by atoms with van der Waals surface area (Å²) in [5, 5.41) is 9.76. The Labute approximate surface area is 175 Å². The molecule has 0 saturated carbocycles. The molecule has 6 nitrogen and oxygen atoms in total. The van der Waals surface area contributed by atoms with E-state index in [4.69, 9.17) is 16.3 Å². The Morgan fingerprint density at radius 3 is 2.66 bits per heavy atom. The first kappa shape index (κ1) is 23.4. The fourth-order valence-electron chi connectivity index (χ4n) is 3.01. The van der Waals surface area contributed by atoms with Crippen LogP contribution >= 0.6 is 11.6 Å². The van der Waals surface area contributed by atoms with Crippen molar-refractivity contribution in [3.05, 3.63) is 46.2 Å². The van der Waals surface area contributed by atoms with Crippen LogP contribution in [-0.4, -0.2) is 57.9 Å². The van der Waals surface area contributed by atoms with Crippen LogP contribution in [0.5, 0.6) is 0 Å². The molecule has 9 heteroatoms. The maximum absolute atomic E-state index is 13.2. The number of amidine groups is 1. The highest BCUT2D eigenvalue weighted by atomic mass is 35.5. The summed E-state index contributed by atoms with van der Waals surface area (Å²) in [6, 6.07) is 5.09. The van der Waals surface area contributed by atoms with Crippen LogP contribution < -0.4 is 16.0 Å². The van der Waals surface area contributed by atoms with Crippen molar-refractivity contribution < 1.29 is 13.5 Å². The number of nitrogens with one attached hydrogen (secondary N) is 3. The van der Waals surface area contributed by atoms with Gasteiger partial charge < -0.3 is 20.7 Å². The minimum atomic E-state index is -2.52. The number of nitrogens with zero attached hydrogens (tertiary/aromatic N) is 2. The maximum atomic E-state index is 13.2. The van der Waals surface area contributed by atoms with Crippen LogP contribution in [0.1, 0.15) is 23.1 Å². The SMILES string of the molecule is C=NC(=NCc1cccc(C(F)F)c1C)/C1=C(\NCCl)CNCCOCCNC1. The zero-order valence-electron chi connectivity index (χ0n) is 16.6. The van der Waals surface area contributed by atoms with Crippen molar-refractivity contribution >= 4 is 24.2 Å². The Morgan fingerprint density at radius 2 is 2.00 bits per heavy atom. The fourth-order valence-corrected chi connectivity index (χ4v) is 3.17. The van der Waals surface area contributed by atoms with E-state index < -0.39 is 6.43 Å². The molecule has 0 aromatic heterocycles. The number of benzene rings is 1. The largest absolute Gasteiger partial charge is 0.379 e. The average Bonchev–Trinajstić information content (AvgIpc) is 2.75. The van der Waals surface area contributed by atoms with E-state index in [9.17, 15) is 8.78 Å². The number of alkyl halides is 3. The molecular formula is C20H28ClF2N5O. The summed E-state index contributed by atoms with van der Waals surface area (Å²) in [4.78, 5) is 8.69. The summed E-state index contributed by atoms with van der Waals surface area (Å²) in [6.45, 7) is 9.21. The molecule has 0 radical (unpaired) electrons. The fraction of sp³-hybridized carbons (Fsp3) is 0.500. The van der Waals surface area contributed by atoms with Gasteiger partial charge >= 0.3 is 0 Å². The molecule has 2 rings (SSSR count). The topological polar surface area (TPSA) is 70.0 Å². The van der Waals surface area contributed by atoms with Gasteiger partial charge in [0, 0.05) is 43.0 Å². The van der Waals surface area contributed by atoms with Crippen molar-refractivity contribution in [3.8, 4) is 0 Å². The van der Waals surface area contributed by atoms with Crippen molar-refractivity contribution in [1.29, 1.82) is 0 Å². The number of halogens is 3. The third-order valence-electron chi connectivity index (χ3n) is 4.64. The van der Waals surface area contributed by atoms with Crippen molar-refractivity contribution in [1.82, 2.24) is 16.0 Å². The number of hydrogen-bond acceptors (Lipinski definition) is 5. The van der Waals surface area contributed by atoms with Gasteiger partial charge in [-0.25, -0.2) is 13.8 Å². The van der Waals surface area contributed by atoms with Gasteiger partial charge in [-0.1, -0.05) is 18.2 Å². The van der Waals surface area contributed by atoms with Crippen LogP contribution in [0, 0.1) is 6.92 Å². The summed E-state index contributed by atoms with van der Waals surface area (Å²) in [7, 11) is 0. The van der Waals surface area contributed by atoms with Gasteiger partial charge in [0.2, 0.25) is 0 Å². The highest BCUT2D eigenvalue weighted by Crippen LogP contribution is 2.25. The predicted molar refractivity (Wildman–Crippen MR) is 114 cm³/mol. The minimum absolute atomic E-state index is 0.0235. The third kappa shape index (κ3) is 7.15. The molecule has 1 aliphatic rings. The molecule has 0 aliphatic carbocycles. The second kappa shape index (κ2) is 12.6. The van der Waals surface area contributed by atoms with Crippen LogP contribution in [0.15, 0.2) is 39.5 Å². The number of aliphatic imine (C=N–C) groups is 2. The molecule has 0 saturated heterocycles. The van der Waals surface area contributed by atoms with Gasteiger partial charge in [0.25, 0.3) is 6.43 Å². The van der Waals surface area contributed by atoms with E-state index in [1.807, 2.05) is 0 Å². The Bertz CT molecular complexity index is 740. The Balaban J connectivity index is 2.33. The van der Waals surface area contributed by atoms with Crippen molar-refractivity contribution in [2.75, 3.05) is 45.4 Å². The first-order valence-corrected chi connectivity index (χ1v) is 10.0. The van der Waals surface area contributed by atoms with Crippen LogP contribution in [0.4, 0.5) is 8.78 Å². The van der Waals surface area contributed by atoms with Crippen LogP contribution in [0.2, 0.25) is 0 Å². The lowest BCUT2D eigenvalue weighted by Gasteiger charge is -2.17. The highest BCUT2D eigenvalue weighted by Gasteiger charge is 2.15. The third-order valence-corrected chi connectivity index (χ3v) is 4.77. The molecule has 1 heterocycles. The predicted octanol–water partition coefficient (Wildman–Crippen LogP) is 2.78. The lowest BCUT2D eigenvalue weighted by molar-refractivity contribution is 0.139. The molecule has 160 valence electrons. The standard InChI is InChI=1S/C20H28ClF2N5O/c1-14-15(4-3-5-16(14)19(22)23)10-27-20(24-2)17-11-25-6-8-29-9-7-26-12-18(17)28-13-21/h3-5,19,25-26,28H,2,6-13H2,1H3/b18-17-,27-20?. The van der Waals surface area contributed by atoms with Gasteiger partial charge in [0.15, 0.2) is 5.84 Å². The molecule has 0 spiro atoms. The van der Waals surface area contributed by atoms with Gasteiger partial charge in [-0.05, 0) is 24.8 Å². The molecule has 29 heavy (non-hydrogen) atoms. The second-order valence-electron chi connectivity index (χ2n) is 6.46. The maximum Gasteiger partial charge on any atom is 0.264 e. The normalized spacial score (nSPS) is 19.7. The molecule has 1 aromatic rings. The molecule has 0 unspecified atom stereocenters. The van der Waals surface area contributed by atoms with Gasteiger partial charge in [0.1, 0.15) is 0 Å².